The van der Waals surface area contributed by atoms with Crippen LogP contribution in [0.2, 0.25) is 0 Å². The average Bonchev–Trinajstić information content (AvgIpc) is 2.17. The van der Waals surface area contributed by atoms with Crippen LogP contribution in [0.25, 0.3) is 0 Å². The molecule has 4 heteroatoms. The van der Waals surface area contributed by atoms with Crippen LogP contribution >= 0.6 is 0 Å². The fourth-order valence-electron chi connectivity index (χ4n) is 1.30. The molecule has 0 saturated heterocycles. The molecule has 3 nitrogen and oxygen atoms in total. The van der Waals surface area contributed by atoms with Gasteiger partial charge in [0.05, 0.1) is 24.4 Å². The minimum atomic E-state index is -0.325. The Labute approximate surface area is 96.0 Å². The fraction of sp³-hybridized carbons (Fsp3) is 0.583. The van der Waals surface area contributed by atoms with Crippen LogP contribution in [0.3, 0.4) is 0 Å². The van der Waals surface area contributed by atoms with E-state index in [0.717, 1.165) is 5.56 Å². The molecule has 1 heterocycles. The maximum atomic E-state index is 13.0. The molecule has 0 spiro atoms. The lowest BCUT2D eigenvalue weighted by Crippen LogP contribution is -2.28. The van der Waals surface area contributed by atoms with Gasteiger partial charge in [-0.1, -0.05) is 0 Å². The number of hydrogen-bond acceptors (Lipinski definition) is 3. The molecule has 1 aromatic rings. The number of pyridine rings is 1. The van der Waals surface area contributed by atoms with Crippen molar-refractivity contribution in [1.82, 2.24) is 10.3 Å². The summed E-state index contributed by atoms with van der Waals surface area (Å²) in [7, 11) is 1.82. The lowest BCUT2D eigenvalue weighted by atomic mass is 10.1. The topological polar surface area (TPSA) is 34.1 Å². The normalized spacial score (nSPS) is 13.8. The van der Waals surface area contributed by atoms with Gasteiger partial charge in [-0.3, -0.25) is 4.98 Å². The van der Waals surface area contributed by atoms with Crippen molar-refractivity contribution in [2.45, 2.75) is 32.4 Å². The summed E-state index contributed by atoms with van der Waals surface area (Å²) in [6.45, 7) is 6.46. The largest absolute Gasteiger partial charge is 0.374 e. The van der Waals surface area contributed by atoms with Crippen LogP contribution < -0.4 is 5.32 Å². The van der Waals surface area contributed by atoms with Crippen molar-refractivity contribution >= 4 is 0 Å². The number of hydrogen-bond donors (Lipinski definition) is 1. The van der Waals surface area contributed by atoms with Crippen molar-refractivity contribution in [3.63, 3.8) is 0 Å². The quantitative estimate of drug-likeness (QED) is 0.855. The highest BCUT2D eigenvalue weighted by Gasteiger charge is 2.16. The number of nitrogens with zero attached hydrogens (tertiary/aromatic N) is 1. The summed E-state index contributed by atoms with van der Waals surface area (Å²) in [5.74, 6) is -0.325. The number of likely N-dealkylation sites (N-methyl/N-ethyl adjacent to an activating group) is 1. The maximum absolute atomic E-state index is 13.0. The number of halogens is 1. The lowest BCUT2D eigenvalue weighted by molar-refractivity contribution is -0.0139. The maximum Gasteiger partial charge on any atom is 0.141 e. The second kappa shape index (κ2) is 5.37. The zero-order valence-electron chi connectivity index (χ0n) is 10.2. The molecule has 0 aromatic carbocycles. The summed E-state index contributed by atoms with van der Waals surface area (Å²) >= 11 is 0. The van der Waals surface area contributed by atoms with E-state index in [0.29, 0.717) is 6.61 Å². The highest BCUT2D eigenvalue weighted by Crippen LogP contribution is 2.16. The van der Waals surface area contributed by atoms with Gasteiger partial charge in [0.1, 0.15) is 5.82 Å². The predicted octanol–water partition coefficient (Wildman–Crippen LogP) is 2.30. The van der Waals surface area contributed by atoms with E-state index in [1.165, 1.54) is 12.3 Å². The highest BCUT2D eigenvalue weighted by molar-refractivity contribution is 5.15. The van der Waals surface area contributed by atoms with Crippen LogP contribution in [-0.2, 0) is 4.74 Å². The van der Waals surface area contributed by atoms with Crippen molar-refractivity contribution in [3.05, 3.63) is 29.8 Å². The minimum absolute atomic E-state index is 0.0394. The fourth-order valence-corrected chi connectivity index (χ4v) is 1.30. The molecular formula is C12H19FN2O. The van der Waals surface area contributed by atoms with Gasteiger partial charge in [0.15, 0.2) is 0 Å². The summed E-state index contributed by atoms with van der Waals surface area (Å²) in [6, 6.07) is 1.43. The van der Waals surface area contributed by atoms with E-state index < -0.39 is 0 Å². The Hall–Kier alpha value is -1.00. The first-order chi connectivity index (χ1) is 7.42. The molecule has 1 N–H and O–H groups in total. The van der Waals surface area contributed by atoms with E-state index >= 15 is 0 Å². The Morgan fingerprint density at radius 1 is 1.44 bits per heavy atom. The number of ether oxygens (including phenoxy) is 1. The van der Waals surface area contributed by atoms with Gasteiger partial charge in [0, 0.05) is 6.20 Å². The van der Waals surface area contributed by atoms with Crippen molar-refractivity contribution in [1.29, 1.82) is 0 Å². The summed E-state index contributed by atoms with van der Waals surface area (Å²) in [6.07, 6.45) is 2.84. The third kappa shape index (κ3) is 4.24. The monoisotopic (exact) mass is 226 g/mol. The Bertz CT molecular complexity index is 336. The van der Waals surface area contributed by atoms with Crippen molar-refractivity contribution in [3.8, 4) is 0 Å². The molecule has 1 rings (SSSR count). The van der Waals surface area contributed by atoms with E-state index in [2.05, 4.69) is 10.3 Å². The second-order valence-electron chi connectivity index (χ2n) is 4.70. The predicted molar refractivity (Wildman–Crippen MR) is 61.7 cm³/mol. The van der Waals surface area contributed by atoms with E-state index in [-0.39, 0.29) is 17.5 Å². The zero-order valence-corrected chi connectivity index (χ0v) is 10.2. The third-order valence-electron chi connectivity index (χ3n) is 2.16. The molecule has 0 bridgehead atoms. The van der Waals surface area contributed by atoms with E-state index in [1.54, 1.807) is 6.20 Å². The summed E-state index contributed by atoms with van der Waals surface area (Å²) in [4.78, 5) is 3.83. The zero-order chi connectivity index (χ0) is 12.2. The van der Waals surface area contributed by atoms with Crippen LogP contribution in [0, 0.1) is 5.82 Å². The molecule has 1 unspecified atom stereocenters. The summed E-state index contributed by atoms with van der Waals surface area (Å²) in [5, 5.41) is 3.09. The molecular weight excluding hydrogens is 207 g/mol. The van der Waals surface area contributed by atoms with Gasteiger partial charge in [-0.25, -0.2) is 4.39 Å². The van der Waals surface area contributed by atoms with Crippen LogP contribution in [0.5, 0.6) is 0 Å². The second-order valence-corrected chi connectivity index (χ2v) is 4.70. The third-order valence-corrected chi connectivity index (χ3v) is 2.16. The Kier molecular flexibility index (Phi) is 4.38. The van der Waals surface area contributed by atoms with Crippen LogP contribution in [0.1, 0.15) is 32.4 Å². The Morgan fingerprint density at radius 2 is 2.12 bits per heavy atom. The smallest absolute Gasteiger partial charge is 0.141 e. The first-order valence-electron chi connectivity index (χ1n) is 5.34. The molecule has 16 heavy (non-hydrogen) atoms. The molecule has 0 aliphatic carbocycles. The van der Waals surface area contributed by atoms with Gasteiger partial charge in [-0.2, -0.15) is 0 Å². The minimum Gasteiger partial charge on any atom is -0.374 e. The standard InChI is InChI=1S/C12H19FN2O/c1-12(2,3)16-8-11(14-4)9-5-10(13)7-15-6-9/h5-7,11,14H,8H2,1-4H3. The lowest BCUT2D eigenvalue weighted by Gasteiger charge is -2.24. The molecule has 1 atom stereocenters. The molecule has 1 aromatic heterocycles. The van der Waals surface area contributed by atoms with Crippen LogP contribution in [0.4, 0.5) is 4.39 Å². The van der Waals surface area contributed by atoms with Crippen molar-refractivity contribution in [2.24, 2.45) is 0 Å². The van der Waals surface area contributed by atoms with Gasteiger partial charge in [-0.15, -0.1) is 0 Å². The van der Waals surface area contributed by atoms with Crippen LogP contribution in [0.15, 0.2) is 18.5 Å². The van der Waals surface area contributed by atoms with Gasteiger partial charge in [0.2, 0.25) is 0 Å². The van der Waals surface area contributed by atoms with Gasteiger partial charge < -0.3 is 10.1 Å². The summed E-state index contributed by atoms with van der Waals surface area (Å²) < 4.78 is 18.7. The molecule has 0 aliphatic rings. The SMILES string of the molecule is CNC(COC(C)(C)C)c1cncc(F)c1. The molecule has 0 aliphatic heterocycles. The van der Waals surface area contributed by atoms with E-state index in [1.807, 2.05) is 27.8 Å². The van der Waals surface area contributed by atoms with Crippen molar-refractivity contribution < 1.29 is 9.13 Å². The van der Waals surface area contributed by atoms with E-state index in [9.17, 15) is 4.39 Å². The van der Waals surface area contributed by atoms with Crippen molar-refractivity contribution in [2.75, 3.05) is 13.7 Å². The van der Waals surface area contributed by atoms with Gasteiger partial charge in [-0.05, 0) is 39.4 Å². The molecule has 0 radical (unpaired) electrons. The molecule has 0 amide bonds. The Balaban J connectivity index is 2.68. The number of aromatic nitrogens is 1. The highest BCUT2D eigenvalue weighted by atomic mass is 19.1. The molecule has 0 fully saturated rings. The van der Waals surface area contributed by atoms with E-state index in [4.69, 9.17) is 4.74 Å². The average molecular weight is 226 g/mol. The molecule has 90 valence electrons. The van der Waals surface area contributed by atoms with Crippen LogP contribution in [-0.4, -0.2) is 24.2 Å². The first kappa shape index (κ1) is 13.1. The first-order valence-corrected chi connectivity index (χ1v) is 5.34. The van der Waals surface area contributed by atoms with Gasteiger partial charge >= 0.3 is 0 Å². The number of rotatable bonds is 4. The number of nitrogens with one attached hydrogen (secondary N) is 1. The summed E-state index contributed by atoms with van der Waals surface area (Å²) in [5.41, 5.74) is 0.599. The van der Waals surface area contributed by atoms with Gasteiger partial charge in [0.25, 0.3) is 0 Å². The molecule has 0 saturated carbocycles. The Morgan fingerprint density at radius 3 is 2.62 bits per heavy atom.